The Labute approximate surface area is 190 Å². The molecule has 4 nitrogen and oxygen atoms in total. The zero-order chi connectivity index (χ0) is 23.9. The number of nitrogens with two attached hydrogens (primary N) is 1. The van der Waals surface area contributed by atoms with E-state index < -0.39 is 5.54 Å². The molecule has 2 aromatic rings. The molecule has 0 heterocycles. The monoisotopic (exact) mass is 425 g/mol. The second-order valence-electron chi connectivity index (χ2n) is 7.27. The van der Waals surface area contributed by atoms with Gasteiger partial charge >= 0.3 is 0 Å². The molecule has 1 saturated carbocycles. The van der Waals surface area contributed by atoms with Gasteiger partial charge in [-0.05, 0) is 55.5 Å². The number of benzene rings is 2. The van der Waals surface area contributed by atoms with Gasteiger partial charge in [0.1, 0.15) is 11.8 Å². The zero-order valence-corrected chi connectivity index (χ0v) is 20.6. The maximum atomic E-state index is 12.1. The predicted octanol–water partition coefficient (Wildman–Crippen LogP) is 5.76. The maximum absolute atomic E-state index is 12.1. The van der Waals surface area contributed by atoms with Crippen molar-refractivity contribution in [2.75, 3.05) is 14.1 Å². The van der Waals surface area contributed by atoms with E-state index in [0.717, 1.165) is 30.3 Å². The quantitative estimate of drug-likeness (QED) is 0.493. The molecule has 1 atom stereocenters. The minimum absolute atomic E-state index is 0.313. The van der Waals surface area contributed by atoms with Gasteiger partial charge in [0.2, 0.25) is 0 Å². The largest absolute Gasteiger partial charge is 0.375 e. The van der Waals surface area contributed by atoms with E-state index in [4.69, 9.17) is 0 Å². The number of aldehydes is 1. The topological polar surface area (TPSA) is 67.1 Å². The molecule has 2 aromatic carbocycles. The van der Waals surface area contributed by atoms with Crippen LogP contribution in [0.25, 0.3) is 11.1 Å². The average Bonchev–Trinajstić information content (AvgIpc) is 3.66. The van der Waals surface area contributed by atoms with Crippen LogP contribution in [0.3, 0.4) is 0 Å². The molecule has 31 heavy (non-hydrogen) atoms. The van der Waals surface area contributed by atoms with Crippen LogP contribution in [-0.2, 0) is 10.3 Å². The summed E-state index contributed by atoms with van der Waals surface area (Å²) < 4.78 is 0. The van der Waals surface area contributed by atoms with Crippen molar-refractivity contribution in [2.45, 2.75) is 59.4 Å². The molecule has 1 fully saturated rings. The van der Waals surface area contributed by atoms with Gasteiger partial charge in [-0.15, -0.1) is 0 Å². The Bertz CT molecular complexity index is 784. The average molecular weight is 426 g/mol. The SMILES string of the molecule is C=C(NC)NC(C=O)(c1cccc(-c2cccc(C)c2)c1)C1CC1.CC.CCC.CN. The molecule has 0 spiro atoms. The summed E-state index contributed by atoms with van der Waals surface area (Å²) in [4.78, 5) is 12.1. The van der Waals surface area contributed by atoms with Crippen molar-refractivity contribution in [1.82, 2.24) is 10.6 Å². The first-order valence-electron chi connectivity index (χ1n) is 11.4. The Morgan fingerprint density at radius 2 is 1.61 bits per heavy atom. The van der Waals surface area contributed by atoms with E-state index in [9.17, 15) is 4.79 Å². The van der Waals surface area contributed by atoms with Crippen molar-refractivity contribution in [3.63, 3.8) is 0 Å². The summed E-state index contributed by atoms with van der Waals surface area (Å²) in [7, 11) is 3.31. The van der Waals surface area contributed by atoms with Crippen LogP contribution in [0.4, 0.5) is 0 Å². The van der Waals surface area contributed by atoms with E-state index in [0.29, 0.717) is 11.7 Å². The van der Waals surface area contributed by atoms with Crippen LogP contribution in [0.15, 0.2) is 60.9 Å². The molecule has 1 aliphatic rings. The molecule has 0 amide bonds. The van der Waals surface area contributed by atoms with Gasteiger partial charge in [0.05, 0.1) is 5.82 Å². The molecule has 4 N–H and O–H groups in total. The number of rotatable bonds is 7. The van der Waals surface area contributed by atoms with Crippen LogP contribution < -0.4 is 16.4 Å². The van der Waals surface area contributed by atoms with E-state index in [-0.39, 0.29) is 0 Å². The molecular weight excluding hydrogens is 382 g/mol. The van der Waals surface area contributed by atoms with Crippen molar-refractivity contribution < 1.29 is 4.79 Å². The lowest BCUT2D eigenvalue weighted by molar-refractivity contribution is -0.114. The van der Waals surface area contributed by atoms with Gasteiger partial charge in [0, 0.05) is 7.05 Å². The number of hydrogen-bond acceptors (Lipinski definition) is 4. The molecule has 4 heteroatoms. The van der Waals surface area contributed by atoms with Crippen LogP contribution in [0.1, 0.15) is 58.1 Å². The highest BCUT2D eigenvalue weighted by molar-refractivity contribution is 5.73. The molecule has 1 unspecified atom stereocenters. The minimum Gasteiger partial charge on any atom is -0.375 e. The summed E-state index contributed by atoms with van der Waals surface area (Å²) in [5, 5.41) is 6.32. The smallest absolute Gasteiger partial charge is 0.150 e. The summed E-state index contributed by atoms with van der Waals surface area (Å²) in [6, 6.07) is 16.7. The lowest BCUT2D eigenvalue weighted by Crippen LogP contribution is -2.47. The first-order valence-corrected chi connectivity index (χ1v) is 11.4. The Balaban J connectivity index is 0.00000116. The number of carbonyl (C=O) groups excluding carboxylic acids is 1. The van der Waals surface area contributed by atoms with Crippen molar-refractivity contribution in [3.8, 4) is 11.1 Å². The highest BCUT2D eigenvalue weighted by atomic mass is 16.1. The number of carbonyl (C=O) groups is 1. The van der Waals surface area contributed by atoms with Gasteiger partial charge in [-0.25, -0.2) is 0 Å². The third-order valence-corrected chi connectivity index (χ3v) is 4.76. The van der Waals surface area contributed by atoms with Gasteiger partial charge in [-0.3, -0.25) is 0 Å². The molecule has 1 aliphatic carbocycles. The molecule has 0 saturated heterocycles. The van der Waals surface area contributed by atoms with Crippen molar-refractivity contribution in [2.24, 2.45) is 11.7 Å². The fourth-order valence-electron chi connectivity index (χ4n) is 3.24. The van der Waals surface area contributed by atoms with Crippen LogP contribution in [0.2, 0.25) is 0 Å². The Morgan fingerprint density at radius 1 is 1.10 bits per heavy atom. The normalized spacial score (nSPS) is 13.4. The van der Waals surface area contributed by atoms with Crippen molar-refractivity contribution >= 4 is 6.29 Å². The van der Waals surface area contributed by atoms with Gasteiger partial charge in [0.15, 0.2) is 0 Å². The molecule has 172 valence electrons. The lowest BCUT2D eigenvalue weighted by atomic mass is 9.84. The lowest BCUT2D eigenvalue weighted by Gasteiger charge is -2.32. The van der Waals surface area contributed by atoms with Gasteiger partial charge in [0.25, 0.3) is 0 Å². The van der Waals surface area contributed by atoms with E-state index in [1.165, 1.54) is 24.6 Å². The highest BCUT2D eigenvalue weighted by Crippen LogP contribution is 2.45. The van der Waals surface area contributed by atoms with Crippen molar-refractivity contribution in [3.05, 3.63) is 72.1 Å². The third kappa shape index (κ3) is 8.22. The maximum Gasteiger partial charge on any atom is 0.150 e. The van der Waals surface area contributed by atoms with Crippen molar-refractivity contribution in [1.29, 1.82) is 0 Å². The number of hydrogen-bond donors (Lipinski definition) is 3. The molecule has 0 aliphatic heterocycles. The second-order valence-corrected chi connectivity index (χ2v) is 7.27. The van der Waals surface area contributed by atoms with E-state index >= 15 is 0 Å². The van der Waals surface area contributed by atoms with Gasteiger partial charge < -0.3 is 21.2 Å². The Hall–Kier alpha value is -2.59. The number of nitrogens with one attached hydrogen (secondary N) is 2. The molecular formula is C27H43N3O. The summed E-state index contributed by atoms with van der Waals surface area (Å²) in [5.74, 6) is 0.975. The first kappa shape index (κ1) is 28.4. The highest BCUT2D eigenvalue weighted by Gasteiger charge is 2.47. The zero-order valence-electron chi connectivity index (χ0n) is 20.6. The van der Waals surface area contributed by atoms with Crippen LogP contribution >= 0.6 is 0 Å². The van der Waals surface area contributed by atoms with E-state index in [1.54, 1.807) is 7.05 Å². The van der Waals surface area contributed by atoms with Crippen LogP contribution in [0.5, 0.6) is 0 Å². The number of aryl methyl sites for hydroxylation is 1. The van der Waals surface area contributed by atoms with Crippen LogP contribution in [0, 0.1) is 12.8 Å². The Morgan fingerprint density at radius 3 is 2.06 bits per heavy atom. The van der Waals surface area contributed by atoms with Gasteiger partial charge in [-0.2, -0.15) is 0 Å². The summed E-state index contributed by atoms with van der Waals surface area (Å²) in [5.41, 5.74) is 8.30. The summed E-state index contributed by atoms with van der Waals surface area (Å²) in [6.07, 6.45) is 4.40. The second kappa shape index (κ2) is 15.2. The first-order chi connectivity index (χ1) is 15.0. The summed E-state index contributed by atoms with van der Waals surface area (Å²) >= 11 is 0. The fourth-order valence-corrected chi connectivity index (χ4v) is 3.24. The molecule has 3 rings (SSSR count). The van der Waals surface area contributed by atoms with Gasteiger partial charge in [-0.1, -0.05) is 88.7 Å². The third-order valence-electron chi connectivity index (χ3n) is 4.76. The minimum atomic E-state index is -0.708. The predicted molar refractivity (Wildman–Crippen MR) is 136 cm³/mol. The summed E-state index contributed by atoms with van der Waals surface area (Å²) in [6.45, 7) is 14.3. The standard InChI is InChI=1S/C21H24N2O.C3H8.C2H6.CH5N/c1-15-6-4-7-17(12-15)18-8-5-9-20(13-18)21(14-24,19-10-11-19)23-16(2)22-3;1-3-2;2*1-2/h4-9,12-14,19,22-23H,2,10-11H2,1,3H3;3H2,1-2H3;1-2H3;2H2,1H3. The fraction of sp³-hybridized carbons (Fsp3) is 0.444. The molecule has 0 bridgehead atoms. The molecule has 0 aromatic heterocycles. The van der Waals surface area contributed by atoms with E-state index in [2.05, 4.69) is 80.1 Å². The molecule has 0 radical (unpaired) electrons. The van der Waals surface area contributed by atoms with Crippen LogP contribution in [-0.4, -0.2) is 20.4 Å². The Kier molecular flexibility index (Phi) is 14.0. The van der Waals surface area contributed by atoms with E-state index in [1.807, 2.05) is 26.0 Å².